The maximum absolute atomic E-state index is 12.4. The smallest absolute Gasteiger partial charge is 0.324 e. The standard InChI is InChI=1S/C21H22ClN3O5S2/c1-12-3-8-16-17(10-23)20(31-18(16)9-12)24-19(26)11-30-21(27)13(2)25-32(28,29)15-6-4-14(22)5-7-15/h4-7,12-13,25H,3,8-9,11H2,1-2H3,(H,24,26)/t12-,13-/m1/s1. The van der Waals surface area contributed by atoms with Gasteiger partial charge in [0.2, 0.25) is 10.0 Å². The van der Waals surface area contributed by atoms with Gasteiger partial charge >= 0.3 is 5.97 Å². The Hall–Kier alpha value is -2.45. The van der Waals surface area contributed by atoms with Crippen LogP contribution in [0.3, 0.4) is 0 Å². The van der Waals surface area contributed by atoms with Gasteiger partial charge in [-0.25, -0.2) is 8.42 Å². The number of hydrogen-bond donors (Lipinski definition) is 2. The van der Waals surface area contributed by atoms with Crippen molar-refractivity contribution in [3.05, 3.63) is 45.3 Å². The lowest BCUT2D eigenvalue weighted by atomic mass is 9.89. The zero-order chi connectivity index (χ0) is 23.5. The van der Waals surface area contributed by atoms with Crippen LogP contribution in [-0.4, -0.2) is 32.9 Å². The molecule has 2 aromatic rings. The summed E-state index contributed by atoms with van der Waals surface area (Å²) in [6, 6.07) is 6.40. The molecule has 170 valence electrons. The number of ether oxygens (including phenoxy) is 1. The fourth-order valence-corrected chi connectivity index (χ4v) is 6.04. The first-order chi connectivity index (χ1) is 15.1. The number of nitrogens with one attached hydrogen (secondary N) is 2. The SMILES string of the molecule is C[C@@H]1CCc2c(sc(NC(=O)COC(=O)[C@@H](C)NS(=O)(=O)c3ccc(Cl)cc3)c2C#N)C1. The fourth-order valence-electron chi connectivity index (χ4n) is 3.34. The molecule has 0 radical (unpaired) electrons. The minimum Gasteiger partial charge on any atom is -0.454 e. The number of amides is 1. The van der Waals surface area contributed by atoms with Crippen molar-refractivity contribution in [1.29, 1.82) is 5.26 Å². The minimum atomic E-state index is -3.97. The van der Waals surface area contributed by atoms with Gasteiger partial charge in [0.25, 0.3) is 5.91 Å². The van der Waals surface area contributed by atoms with Gasteiger partial charge in [-0.2, -0.15) is 9.98 Å². The van der Waals surface area contributed by atoms with Crippen LogP contribution >= 0.6 is 22.9 Å². The van der Waals surface area contributed by atoms with E-state index in [-0.39, 0.29) is 4.90 Å². The summed E-state index contributed by atoms with van der Waals surface area (Å²) in [7, 11) is -3.97. The minimum absolute atomic E-state index is 0.0562. The Labute approximate surface area is 195 Å². The number of halogens is 1. The van der Waals surface area contributed by atoms with Gasteiger partial charge in [0.05, 0.1) is 10.5 Å². The van der Waals surface area contributed by atoms with Crippen LogP contribution in [0.4, 0.5) is 5.00 Å². The van der Waals surface area contributed by atoms with Gasteiger partial charge < -0.3 is 10.1 Å². The molecule has 0 saturated heterocycles. The second-order valence-corrected chi connectivity index (χ2v) is 10.9. The monoisotopic (exact) mass is 495 g/mol. The van der Waals surface area contributed by atoms with Crippen LogP contribution in [0.2, 0.25) is 5.02 Å². The van der Waals surface area contributed by atoms with Gasteiger partial charge in [0.15, 0.2) is 6.61 Å². The second kappa shape index (κ2) is 10.0. The lowest BCUT2D eigenvalue weighted by Crippen LogP contribution is -2.40. The number of carbonyl (C=O) groups is 2. The van der Waals surface area contributed by atoms with E-state index in [4.69, 9.17) is 16.3 Å². The van der Waals surface area contributed by atoms with E-state index < -0.39 is 34.5 Å². The summed E-state index contributed by atoms with van der Waals surface area (Å²) < 4.78 is 31.9. The molecule has 3 rings (SSSR count). The van der Waals surface area contributed by atoms with E-state index in [1.807, 2.05) is 0 Å². The predicted molar refractivity (Wildman–Crippen MR) is 121 cm³/mol. The summed E-state index contributed by atoms with van der Waals surface area (Å²) >= 11 is 7.13. The highest BCUT2D eigenvalue weighted by Gasteiger charge is 2.26. The van der Waals surface area contributed by atoms with Gasteiger partial charge in [-0.15, -0.1) is 11.3 Å². The molecule has 1 aromatic heterocycles. The van der Waals surface area contributed by atoms with Gasteiger partial charge in [0, 0.05) is 9.90 Å². The molecule has 0 bridgehead atoms. The van der Waals surface area contributed by atoms with E-state index in [0.717, 1.165) is 29.7 Å². The molecule has 2 atom stereocenters. The van der Waals surface area contributed by atoms with Crippen LogP contribution in [0.5, 0.6) is 0 Å². The van der Waals surface area contributed by atoms with E-state index in [0.29, 0.717) is 21.5 Å². The maximum atomic E-state index is 12.4. The number of nitriles is 1. The van der Waals surface area contributed by atoms with Crippen molar-refractivity contribution in [3.63, 3.8) is 0 Å². The molecule has 1 aliphatic rings. The van der Waals surface area contributed by atoms with Gasteiger partial charge in [-0.05, 0) is 61.9 Å². The fraction of sp³-hybridized carbons (Fsp3) is 0.381. The predicted octanol–water partition coefficient (Wildman–Crippen LogP) is 3.25. The zero-order valence-corrected chi connectivity index (χ0v) is 19.9. The number of carbonyl (C=O) groups excluding carboxylic acids is 2. The highest BCUT2D eigenvalue weighted by atomic mass is 35.5. The second-order valence-electron chi connectivity index (χ2n) is 7.62. The third-order valence-electron chi connectivity index (χ3n) is 5.03. The van der Waals surface area contributed by atoms with E-state index >= 15 is 0 Å². The number of benzene rings is 1. The van der Waals surface area contributed by atoms with Crippen molar-refractivity contribution < 1.29 is 22.7 Å². The quantitative estimate of drug-likeness (QED) is 0.568. The Morgan fingerprint density at radius 2 is 2.03 bits per heavy atom. The summed E-state index contributed by atoms with van der Waals surface area (Å²) in [5.74, 6) is -0.984. The summed E-state index contributed by atoms with van der Waals surface area (Å²) in [6.45, 7) is 2.86. The number of fused-ring (bicyclic) bond motifs is 1. The number of anilines is 1. The normalized spacial score (nSPS) is 16.5. The number of thiophene rings is 1. The van der Waals surface area contributed by atoms with E-state index in [9.17, 15) is 23.3 Å². The molecule has 2 N–H and O–H groups in total. The Bertz CT molecular complexity index is 1170. The topological polar surface area (TPSA) is 125 Å². The van der Waals surface area contributed by atoms with E-state index in [1.165, 1.54) is 42.5 Å². The van der Waals surface area contributed by atoms with Crippen LogP contribution in [0.25, 0.3) is 0 Å². The van der Waals surface area contributed by atoms with Crippen molar-refractivity contribution in [2.24, 2.45) is 5.92 Å². The number of hydrogen-bond acceptors (Lipinski definition) is 7. The van der Waals surface area contributed by atoms with Gasteiger partial charge in [-0.1, -0.05) is 18.5 Å². The number of rotatable bonds is 7. The lowest BCUT2D eigenvalue weighted by Gasteiger charge is -2.17. The van der Waals surface area contributed by atoms with E-state index in [1.54, 1.807) is 0 Å². The van der Waals surface area contributed by atoms with Crippen LogP contribution in [-0.2, 0) is 37.2 Å². The van der Waals surface area contributed by atoms with Gasteiger partial charge in [0.1, 0.15) is 17.1 Å². The first-order valence-corrected chi connectivity index (χ1v) is 12.6. The number of sulfonamides is 1. The molecule has 1 amide bonds. The van der Waals surface area contributed by atoms with Crippen molar-refractivity contribution in [2.45, 2.75) is 44.0 Å². The highest BCUT2D eigenvalue weighted by molar-refractivity contribution is 7.89. The molecular weight excluding hydrogens is 474 g/mol. The molecule has 0 unspecified atom stereocenters. The Morgan fingerprint density at radius 3 is 2.69 bits per heavy atom. The molecule has 1 aliphatic carbocycles. The Kier molecular flexibility index (Phi) is 7.56. The summed E-state index contributed by atoms with van der Waals surface area (Å²) in [6.07, 6.45) is 2.66. The molecule has 0 fully saturated rings. The van der Waals surface area contributed by atoms with Crippen LogP contribution in [0, 0.1) is 17.2 Å². The molecular formula is C21H22ClN3O5S2. The molecule has 32 heavy (non-hydrogen) atoms. The summed E-state index contributed by atoms with van der Waals surface area (Å²) in [4.78, 5) is 25.5. The Balaban J connectivity index is 1.56. The van der Waals surface area contributed by atoms with Crippen LogP contribution in [0.1, 0.15) is 36.3 Å². The average molecular weight is 496 g/mol. The molecule has 1 heterocycles. The van der Waals surface area contributed by atoms with Crippen molar-refractivity contribution in [1.82, 2.24) is 4.72 Å². The first kappa shape index (κ1) is 24.2. The molecule has 11 heteroatoms. The third-order valence-corrected chi connectivity index (χ3v) is 8.01. The van der Waals surface area contributed by atoms with Crippen LogP contribution in [0.15, 0.2) is 29.2 Å². The van der Waals surface area contributed by atoms with Crippen molar-refractivity contribution >= 4 is 49.8 Å². The van der Waals surface area contributed by atoms with Crippen molar-refractivity contribution in [2.75, 3.05) is 11.9 Å². The number of esters is 1. The maximum Gasteiger partial charge on any atom is 0.324 e. The molecule has 8 nitrogen and oxygen atoms in total. The first-order valence-electron chi connectivity index (χ1n) is 9.89. The number of nitrogens with zero attached hydrogens (tertiary/aromatic N) is 1. The van der Waals surface area contributed by atoms with Crippen LogP contribution < -0.4 is 10.0 Å². The zero-order valence-electron chi connectivity index (χ0n) is 17.5. The average Bonchev–Trinajstić information content (AvgIpc) is 3.07. The molecule has 0 spiro atoms. The van der Waals surface area contributed by atoms with Gasteiger partial charge in [-0.3, -0.25) is 9.59 Å². The molecule has 1 aromatic carbocycles. The summed E-state index contributed by atoms with van der Waals surface area (Å²) in [5.41, 5.74) is 1.44. The third kappa shape index (κ3) is 5.66. The van der Waals surface area contributed by atoms with Crippen molar-refractivity contribution in [3.8, 4) is 6.07 Å². The Morgan fingerprint density at radius 1 is 1.34 bits per heavy atom. The molecule has 0 saturated carbocycles. The lowest BCUT2D eigenvalue weighted by molar-refractivity contribution is -0.148. The highest BCUT2D eigenvalue weighted by Crippen LogP contribution is 2.39. The molecule has 0 aliphatic heterocycles. The largest absolute Gasteiger partial charge is 0.454 e. The van der Waals surface area contributed by atoms with E-state index in [2.05, 4.69) is 23.0 Å². The summed E-state index contributed by atoms with van der Waals surface area (Å²) in [5, 5.41) is 13.0.